The van der Waals surface area contributed by atoms with Crippen LogP contribution in [0, 0.1) is 0 Å². The lowest BCUT2D eigenvalue weighted by Gasteiger charge is -2.34. The first kappa shape index (κ1) is 14.5. The van der Waals surface area contributed by atoms with E-state index in [1.807, 2.05) is 0 Å². The molecule has 0 amide bonds. The second-order valence-electron chi connectivity index (χ2n) is 6.30. The molecule has 2 heteroatoms. The van der Waals surface area contributed by atoms with E-state index in [4.69, 9.17) is 0 Å². The molecule has 19 heavy (non-hydrogen) atoms. The monoisotopic (exact) mass is 260 g/mol. The van der Waals surface area contributed by atoms with E-state index in [9.17, 15) is 0 Å². The average Bonchev–Trinajstić information content (AvgIpc) is 2.71. The number of nitrogens with zero attached hydrogens (tertiary/aromatic N) is 2. The van der Waals surface area contributed by atoms with Gasteiger partial charge in [0.05, 0.1) is 0 Å². The first-order valence-electron chi connectivity index (χ1n) is 7.58. The second kappa shape index (κ2) is 6.53. The lowest BCUT2D eigenvalue weighted by molar-refractivity contribution is 0.125. The first-order chi connectivity index (χ1) is 9.08. The van der Waals surface area contributed by atoms with Crippen molar-refractivity contribution in [2.45, 2.75) is 58.3 Å². The molecule has 1 fully saturated rings. The molecule has 0 spiro atoms. The molecule has 1 aliphatic heterocycles. The van der Waals surface area contributed by atoms with Crippen LogP contribution in [0.15, 0.2) is 30.3 Å². The molecule has 0 aliphatic carbocycles. The number of hydrogen-bond donors (Lipinski definition) is 0. The van der Waals surface area contributed by atoms with Crippen molar-refractivity contribution in [1.29, 1.82) is 0 Å². The number of hydrogen-bond acceptors (Lipinski definition) is 2. The lowest BCUT2D eigenvalue weighted by atomic mass is 10.1. The summed E-state index contributed by atoms with van der Waals surface area (Å²) in [7, 11) is 2.24. The summed E-state index contributed by atoms with van der Waals surface area (Å²) in [6.45, 7) is 9.25. The third kappa shape index (κ3) is 3.80. The van der Waals surface area contributed by atoms with Crippen LogP contribution >= 0.6 is 0 Å². The summed E-state index contributed by atoms with van der Waals surface area (Å²) < 4.78 is 0. The third-order valence-electron chi connectivity index (χ3n) is 4.26. The van der Waals surface area contributed by atoms with Crippen molar-refractivity contribution < 1.29 is 0 Å². The van der Waals surface area contributed by atoms with Gasteiger partial charge in [-0.1, -0.05) is 30.3 Å². The fourth-order valence-corrected chi connectivity index (χ4v) is 3.53. The van der Waals surface area contributed by atoms with E-state index in [1.165, 1.54) is 24.9 Å². The zero-order valence-corrected chi connectivity index (χ0v) is 12.8. The number of rotatable bonds is 5. The topological polar surface area (TPSA) is 6.48 Å². The van der Waals surface area contributed by atoms with E-state index in [2.05, 4.69) is 68.0 Å². The molecular formula is C17H28N2. The molecule has 1 aromatic rings. The Balaban J connectivity index is 1.90. The van der Waals surface area contributed by atoms with Crippen LogP contribution < -0.4 is 0 Å². The van der Waals surface area contributed by atoms with Crippen LogP contribution in [-0.4, -0.2) is 41.5 Å². The third-order valence-corrected chi connectivity index (χ3v) is 4.26. The molecule has 2 rings (SSSR count). The van der Waals surface area contributed by atoms with E-state index >= 15 is 0 Å². The Morgan fingerprint density at radius 1 is 1.21 bits per heavy atom. The summed E-state index contributed by atoms with van der Waals surface area (Å²) in [6.07, 6.45) is 2.69. The standard InChI is InChI=1S/C17H28N2/c1-14(2)19-15(3)10-11-17(19)13-18(4)12-16-8-6-5-7-9-16/h5-9,14-15,17H,10-13H2,1-4H3. The van der Waals surface area contributed by atoms with Gasteiger partial charge in [-0.25, -0.2) is 0 Å². The SMILES string of the molecule is CC(C)N1C(C)CCC1CN(C)Cc1ccccc1. The van der Waals surface area contributed by atoms with Gasteiger partial charge in [0.2, 0.25) is 0 Å². The van der Waals surface area contributed by atoms with Crippen LogP contribution in [0.2, 0.25) is 0 Å². The van der Waals surface area contributed by atoms with E-state index in [0.29, 0.717) is 6.04 Å². The van der Waals surface area contributed by atoms with Crippen LogP contribution in [-0.2, 0) is 6.54 Å². The van der Waals surface area contributed by atoms with E-state index in [-0.39, 0.29) is 0 Å². The van der Waals surface area contributed by atoms with Gasteiger partial charge in [0.15, 0.2) is 0 Å². The van der Waals surface area contributed by atoms with E-state index in [0.717, 1.165) is 18.6 Å². The molecule has 0 N–H and O–H groups in total. The van der Waals surface area contributed by atoms with Gasteiger partial charge in [-0.2, -0.15) is 0 Å². The van der Waals surface area contributed by atoms with Crippen molar-refractivity contribution >= 4 is 0 Å². The maximum absolute atomic E-state index is 2.70. The summed E-state index contributed by atoms with van der Waals surface area (Å²) >= 11 is 0. The summed E-state index contributed by atoms with van der Waals surface area (Å²) in [4.78, 5) is 5.16. The van der Waals surface area contributed by atoms with Gasteiger partial charge in [-0.15, -0.1) is 0 Å². The van der Waals surface area contributed by atoms with Crippen LogP contribution in [0.3, 0.4) is 0 Å². The smallest absolute Gasteiger partial charge is 0.0231 e. The Hall–Kier alpha value is -0.860. The lowest BCUT2D eigenvalue weighted by Crippen LogP contribution is -2.45. The molecule has 0 radical (unpaired) electrons. The normalized spacial score (nSPS) is 24.5. The van der Waals surface area contributed by atoms with Gasteiger partial charge in [-0.05, 0) is 46.2 Å². The summed E-state index contributed by atoms with van der Waals surface area (Å²) in [5.74, 6) is 0. The highest BCUT2D eigenvalue weighted by molar-refractivity contribution is 5.14. The molecule has 0 aromatic heterocycles. The molecule has 2 nitrogen and oxygen atoms in total. The van der Waals surface area contributed by atoms with Crippen LogP contribution in [0.1, 0.15) is 39.2 Å². The molecular weight excluding hydrogens is 232 g/mol. The summed E-state index contributed by atoms with van der Waals surface area (Å²) in [5, 5.41) is 0. The Kier molecular flexibility index (Phi) is 5.00. The minimum atomic E-state index is 0.660. The zero-order chi connectivity index (χ0) is 13.8. The quantitative estimate of drug-likeness (QED) is 0.801. The number of benzene rings is 1. The van der Waals surface area contributed by atoms with Gasteiger partial charge in [0, 0.05) is 31.2 Å². The molecule has 1 aromatic carbocycles. The van der Waals surface area contributed by atoms with Crippen molar-refractivity contribution in [2.75, 3.05) is 13.6 Å². The molecule has 2 unspecified atom stereocenters. The predicted octanol–water partition coefficient (Wildman–Crippen LogP) is 3.38. The number of likely N-dealkylation sites (N-methyl/N-ethyl adjacent to an activating group) is 1. The van der Waals surface area contributed by atoms with Crippen LogP contribution in [0.25, 0.3) is 0 Å². The molecule has 1 aliphatic rings. The Morgan fingerprint density at radius 2 is 1.89 bits per heavy atom. The van der Waals surface area contributed by atoms with Gasteiger partial charge >= 0.3 is 0 Å². The second-order valence-corrected chi connectivity index (χ2v) is 6.30. The van der Waals surface area contributed by atoms with Gasteiger partial charge in [0.1, 0.15) is 0 Å². The fraction of sp³-hybridized carbons (Fsp3) is 0.647. The molecule has 1 saturated heterocycles. The Morgan fingerprint density at radius 3 is 2.53 bits per heavy atom. The molecule has 106 valence electrons. The average molecular weight is 260 g/mol. The Labute approximate surface area is 118 Å². The summed E-state index contributed by atoms with van der Waals surface area (Å²) in [5.41, 5.74) is 1.41. The molecule has 0 bridgehead atoms. The maximum Gasteiger partial charge on any atom is 0.0231 e. The van der Waals surface area contributed by atoms with Crippen molar-refractivity contribution in [1.82, 2.24) is 9.80 Å². The fourth-order valence-electron chi connectivity index (χ4n) is 3.53. The van der Waals surface area contributed by atoms with Crippen molar-refractivity contribution in [3.63, 3.8) is 0 Å². The molecule has 0 saturated carbocycles. The molecule has 1 heterocycles. The van der Waals surface area contributed by atoms with Crippen molar-refractivity contribution in [3.05, 3.63) is 35.9 Å². The summed E-state index contributed by atoms with van der Waals surface area (Å²) in [6, 6.07) is 12.9. The largest absolute Gasteiger partial charge is 0.301 e. The highest BCUT2D eigenvalue weighted by atomic mass is 15.3. The number of likely N-dealkylation sites (tertiary alicyclic amines) is 1. The minimum absolute atomic E-state index is 0.660. The Bertz CT molecular complexity index is 374. The van der Waals surface area contributed by atoms with Gasteiger partial charge in [0.25, 0.3) is 0 Å². The van der Waals surface area contributed by atoms with Gasteiger partial charge in [-0.3, -0.25) is 4.90 Å². The highest BCUT2D eigenvalue weighted by Crippen LogP contribution is 2.26. The van der Waals surface area contributed by atoms with Crippen LogP contribution in [0.5, 0.6) is 0 Å². The van der Waals surface area contributed by atoms with Crippen LogP contribution in [0.4, 0.5) is 0 Å². The predicted molar refractivity (Wildman–Crippen MR) is 82.2 cm³/mol. The van der Waals surface area contributed by atoms with E-state index < -0.39 is 0 Å². The van der Waals surface area contributed by atoms with Crippen molar-refractivity contribution in [3.8, 4) is 0 Å². The molecule has 2 atom stereocenters. The zero-order valence-electron chi connectivity index (χ0n) is 12.8. The highest BCUT2D eigenvalue weighted by Gasteiger charge is 2.32. The minimum Gasteiger partial charge on any atom is -0.301 e. The maximum atomic E-state index is 2.70. The first-order valence-corrected chi connectivity index (χ1v) is 7.58. The van der Waals surface area contributed by atoms with Gasteiger partial charge < -0.3 is 4.90 Å². The van der Waals surface area contributed by atoms with E-state index in [1.54, 1.807) is 0 Å². The van der Waals surface area contributed by atoms with Crippen molar-refractivity contribution in [2.24, 2.45) is 0 Å².